The van der Waals surface area contributed by atoms with Crippen LogP contribution in [-0.2, 0) is 6.54 Å². The van der Waals surface area contributed by atoms with Crippen LogP contribution in [0.1, 0.15) is 19.5 Å². The van der Waals surface area contributed by atoms with Crippen LogP contribution in [0.4, 0.5) is 0 Å². The summed E-state index contributed by atoms with van der Waals surface area (Å²) < 4.78 is 1.73. The molecule has 0 amide bonds. The van der Waals surface area contributed by atoms with Gasteiger partial charge in [-0.15, -0.1) is 0 Å². The number of aromatic nitrogens is 2. The van der Waals surface area contributed by atoms with Gasteiger partial charge in [-0.2, -0.15) is 10.4 Å². The summed E-state index contributed by atoms with van der Waals surface area (Å²) in [7, 11) is 0. The maximum absolute atomic E-state index is 8.61. The molecule has 0 saturated heterocycles. The molecule has 0 spiro atoms. The highest BCUT2D eigenvalue weighted by Gasteiger charge is 2.01. The van der Waals surface area contributed by atoms with Crippen molar-refractivity contribution >= 4 is 0 Å². The van der Waals surface area contributed by atoms with Crippen LogP contribution in [-0.4, -0.2) is 9.78 Å². The third-order valence-electron chi connectivity index (χ3n) is 1.37. The Labute approximate surface area is 66.3 Å². The van der Waals surface area contributed by atoms with E-state index >= 15 is 0 Å². The number of nitrogens with zero attached hydrogens (tertiary/aromatic N) is 3. The normalized spacial score (nSPS) is 10.0. The second-order valence-electron chi connectivity index (χ2n) is 2.90. The molecule has 0 atom stereocenters. The highest BCUT2D eigenvalue weighted by Crippen LogP contribution is 2.01. The van der Waals surface area contributed by atoms with Crippen molar-refractivity contribution in [3.63, 3.8) is 0 Å². The minimum absolute atomic E-state index is 0.530. The molecular weight excluding hydrogens is 138 g/mol. The number of hydrogen-bond acceptors (Lipinski definition) is 2. The Kier molecular flexibility index (Phi) is 2.27. The lowest BCUT2D eigenvalue weighted by molar-refractivity contribution is 0.479. The monoisotopic (exact) mass is 149 g/mol. The molecule has 1 aromatic heterocycles. The van der Waals surface area contributed by atoms with Gasteiger partial charge in [0.2, 0.25) is 0 Å². The van der Waals surface area contributed by atoms with E-state index in [1.807, 2.05) is 0 Å². The average Bonchev–Trinajstić information content (AvgIpc) is 2.34. The van der Waals surface area contributed by atoms with Crippen LogP contribution in [0.15, 0.2) is 12.3 Å². The van der Waals surface area contributed by atoms with Gasteiger partial charge >= 0.3 is 0 Å². The van der Waals surface area contributed by atoms with Crippen LogP contribution < -0.4 is 0 Å². The fourth-order valence-electron chi connectivity index (χ4n) is 0.919. The van der Waals surface area contributed by atoms with Gasteiger partial charge in [0, 0.05) is 6.54 Å². The van der Waals surface area contributed by atoms with Crippen molar-refractivity contribution in [3.8, 4) is 6.07 Å². The Morgan fingerprint density at radius 3 is 3.00 bits per heavy atom. The van der Waals surface area contributed by atoms with Crippen LogP contribution in [0.5, 0.6) is 0 Å². The van der Waals surface area contributed by atoms with Crippen LogP contribution in [0.3, 0.4) is 0 Å². The van der Waals surface area contributed by atoms with Gasteiger partial charge < -0.3 is 0 Å². The quantitative estimate of drug-likeness (QED) is 0.638. The summed E-state index contributed by atoms with van der Waals surface area (Å²) in [6, 6.07) is 3.81. The summed E-state index contributed by atoms with van der Waals surface area (Å²) in [6.45, 7) is 5.02. The lowest BCUT2D eigenvalue weighted by atomic mass is 10.2. The number of rotatable bonds is 2. The van der Waals surface area contributed by atoms with Gasteiger partial charge in [0.05, 0.1) is 6.20 Å². The van der Waals surface area contributed by atoms with Crippen LogP contribution in [0.2, 0.25) is 0 Å². The van der Waals surface area contributed by atoms with Crippen LogP contribution in [0.25, 0.3) is 0 Å². The predicted molar refractivity (Wildman–Crippen MR) is 41.8 cm³/mol. The zero-order chi connectivity index (χ0) is 8.27. The molecule has 1 rings (SSSR count). The topological polar surface area (TPSA) is 41.6 Å². The van der Waals surface area contributed by atoms with Crippen molar-refractivity contribution in [1.29, 1.82) is 5.26 Å². The van der Waals surface area contributed by atoms with E-state index in [9.17, 15) is 0 Å². The zero-order valence-corrected chi connectivity index (χ0v) is 6.78. The fraction of sp³-hybridized carbons (Fsp3) is 0.500. The molecule has 1 heterocycles. The molecule has 0 N–H and O–H groups in total. The molecule has 11 heavy (non-hydrogen) atoms. The van der Waals surface area contributed by atoms with E-state index in [0.29, 0.717) is 11.6 Å². The van der Waals surface area contributed by atoms with Crippen molar-refractivity contribution in [2.24, 2.45) is 5.92 Å². The standard InChI is InChI=1S/C8H11N3/c1-7(2)6-11-8(5-9)3-4-10-11/h3-4,7H,6H2,1-2H3. The van der Waals surface area contributed by atoms with Gasteiger partial charge in [-0.1, -0.05) is 13.8 Å². The van der Waals surface area contributed by atoms with Crippen molar-refractivity contribution in [1.82, 2.24) is 9.78 Å². The van der Waals surface area contributed by atoms with Crippen molar-refractivity contribution < 1.29 is 0 Å². The first-order valence-corrected chi connectivity index (χ1v) is 3.66. The lowest BCUT2D eigenvalue weighted by Crippen LogP contribution is -2.07. The molecule has 3 heteroatoms. The summed E-state index contributed by atoms with van der Waals surface area (Å²) in [4.78, 5) is 0. The molecule has 0 aromatic carbocycles. The van der Waals surface area contributed by atoms with E-state index in [0.717, 1.165) is 6.54 Å². The Balaban J connectivity index is 2.79. The molecule has 3 nitrogen and oxygen atoms in total. The molecule has 0 bridgehead atoms. The van der Waals surface area contributed by atoms with Gasteiger partial charge in [0.1, 0.15) is 11.8 Å². The zero-order valence-electron chi connectivity index (χ0n) is 6.78. The Bertz CT molecular complexity index is 267. The van der Waals surface area contributed by atoms with E-state index in [2.05, 4.69) is 25.0 Å². The summed E-state index contributed by atoms with van der Waals surface area (Å²) in [6.07, 6.45) is 1.65. The Morgan fingerprint density at radius 2 is 2.45 bits per heavy atom. The molecule has 0 aliphatic carbocycles. The minimum atomic E-state index is 0.530. The van der Waals surface area contributed by atoms with E-state index in [4.69, 9.17) is 5.26 Å². The van der Waals surface area contributed by atoms with Gasteiger partial charge in [0.25, 0.3) is 0 Å². The molecule has 0 aliphatic rings. The summed E-state index contributed by atoms with van der Waals surface area (Å²) in [5, 5.41) is 12.6. The maximum Gasteiger partial charge on any atom is 0.138 e. The first-order chi connectivity index (χ1) is 5.24. The van der Waals surface area contributed by atoms with Crippen LogP contribution >= 0.6 is 0 Å². The van der Waals surface area contributed by atoms with Gasteiger partial charge in [-0.25, -0.2) is 0 Å². The molecule has 0 radical (unpaired) electrons. The van der Waals surface area contributed by atoms with Crippen LogP contribution in [0, 0.1) is 17.2 Å². The average molecular weight is 149 g/mol. The van der Waals surface area contributed by atoms with Crippen molar-refractivity contribution in [3.05, 3.63) is 18.0 Å². The molecule has 0 saturated carbocycles. The molecule has 1 aromatic rings. The Morgan fingerprint density at radius 1 is 1.73 bits per heavy atom. The lowest BCUT2D eigenvalue weighted by Gasteiger charge is -2.04. The van der Waals surface area contributed by atoms with E-state index < -0.39 is 0 Å². The highest BCUT2D eigenvalue weighted by molar-refractivity contribution is 5.18. The van der Waals surface area contributed by atoms with Crippen molar-refractivity contribution in [2.45, 2.75) is 20.4 Å². The van der Waals surface area contributed by atoms with Gasteiger partial charge in [0.15, 0.2) is 0 Å². The predicted octanol–water partition coefficient (Wildman–Crippen LogP) is 1.41. The molecule has 0 unspecified atom stereocenters. The second-order valence-corrected chi connectivity index (χ2v) is 2.90. The fourth-order valence-corrected chi connectivity index (χ4v) is 0.919. The highest BCUT2D eigenvalue weighted by atomic mass is 15.3. The van der Waals surface area contributed by atoms with E-state index in [1.165, 1.54) is 0 Å². The minimum Gasteiger partial charge on any atom is -0.255 e. The van der Waals surface area contributed by atoms with Gasteiger partial charge in [-0.05, 0) is 12.0 Å². The third-order valence-corrected chi connectivity index (χ3v) is 1.37. The van der Waals surface area contributed by atoms with E-state index in [1.54, 1.807) is 16.9 Å². The second kappa shape index (κ2) is 3.20. The first-order valence-electron chi connectivity index (χ1n) is 3.66. The SMILES string of the molecule is CC(C)Cn1nccc1C#N. The van der Waals surface area contributed by atoms with Crippen molar-refractivity contribution in [2.75, 3.05) is 0 Å². The first kappa shape index (κ1) is 7.80. The van der Waals surface area contributed by atoms with Gasteiger partial charge in [-0.3, -0.25) is 4.68 Å². The molecular formula is C8H11N3. The molecule has 0 fully saturated rings. The summed E-state index contributed by atoms with van der Waals surface area (Å²) >= 11 is 0. The largest absolute Gasteiger partial charge is 0.255 e. The van der Waals surface area contributed by atoms with E-state index in [-0.39, 0.29) is 0 Å². The summed E-state index contributed by atoms with van der Waals surface area (Å²) in [5.74, 6) is 0.530. The molecule has 58 valence electrons. The summed E-state index contributed by atoms with van der Waals surface area (Å²) in [5.41, 5.74) is 0.638. The smallest absolute Gasteiger partial charge is 0.138 e. The maximum atomic E-state index is 8.61. The number of nitriles is 1. The molecule has 0 aliphatic heterocycles. The third kappa shape index (κ3) is 1.81. The number of hydrogen-bond donors (Lipinski definition) is 0. The Hall–Kier alpha value is -1.30.